The van der Waals surface area contributed by atoms with Crippen LogP contribution in [-0.2, 0) is 19.6 Å². The number of sulfonamides is 1. The van der Waals surface area contributed by atoms with Gasteiger partial charge >= 0.3 is 5.97 Å². The number of hydrogen-bond acceptors (Lipinski definition) is 6. The maximum atomic E-state index is 12.1. The molecule has 20 heavy (non-hydrogen) atoms. The van der Waals surface area contributed by atoms with Gasteiger partial charge < -0.3 is 15.8 Å². The van der Waals surface area contributed by atoms with Crippen LogP contribution in [0.2, 0.25) is 0 Å². The minimum atomic E-state index is -4.04. The lowest BCUT2D eigenvalue weighted by atomic mass is 10.2. The summed E-state index contributed by atoms with van der Waals surface area (Å²) in [4.78, 5) is 22.3. The zero-order valence-electron chi connectivity index (χ0n) is 11.0. The van der Waals surface area contributed by atoms with E-state index < -0.39 is 28.4 Å². The number of esters is 1. The molecule has 1 aromatic carbocycles. The predicted molar refractivity (Wildman–Crippen MR) is 71.4 cm³/mol. The highest BCUT2D eigenvalue weighted by Gasteiger charge is 2.23. The first-order chi connectivity index (χ1) is 9.31. The standard InChI is InChI=1S/C11H15N3O5S/c1-13-10(15)6-14-20(17,18)9-4-3-7(12)5-8(9)11(16)19-2/h3-5,14H,6,12H2,1-2H3,(H,13,15). The number of likely N-dealkylation sites (N-methyl/N-ethyl adjacent to an activating group) is 1. The summed E-state index contributed by atoms with van der Waals surface area (Å²) in [5, 5.41) is 2.27. The first-order valence-electron chi connectivity index (χ1n) is 5.50. The second-order valence-corrected chi connectivity index (χ2v) is 5.48. The number of carbonyl (C=O) groups is 2. The molecule has 0 fully saturated rings. The fourth-order valence-electron chi connectivity index (χ4n) is 1.38. The van der Waals surface area contributed by atoms with Crippen molar-refractivity contribution < 1.29 is 22.7 Å². The number of amides is 1. The van der Waals surface area contributed by atoms with Crippen LogP contribution in [0.5, 0.6) is 0 Å². The Morgan fingerprint density at radius 2 is 2.00 bits per heavy atom. The Labute approximate surface area is 116 Å². The highest BCUT2D eigenvalue weighted by atomic mass is 32.2. The van der Waals surface area contributed by atoms with Crippen LogP contribution in [0.3, 0.4) is 0 Å². The highest BCUT2D eigenvalue weighted by Crippen LogP contribution is 2.19. The summed E-state index contributed by atoms with van der Waals surface area (Å²) >= 11 is 0. The number of anilines is 1. The molecule has 0 aliphatic rings. The summed E-state index contributed by atoms with van der Waals surface area (Å²) < 4.78 is 30.7. The lowest BCUT2D eigenvalue weighted by Crippen LogP contribution is -2.35. The van der Waals surface area contributed by atoms with Gasteiger partial charge in [0, 0.05) is 12.7 Å². The average molecular weight is 301 g/mol. The summed E-state index contributed by atoms with van der Waals surface area (Å²) in [5.74, 6) is -1.35. The van der Waals surface area contributed by atoms with E-state index in [-0.39, 0.29) is 16.1 Å². The van der Waals surface area contributed by atoms with Crippen molar-refractivity contribution >= 4 is 27.6 Å². The maximum absolute atomic E-state index is 12.1. The lowest BCUT2D eigenvalue weighted by Gasteiger charge is -2.10. The Morgan fingerprint density at radius 3 is 2.55 bits per heavy atom. The summed E-state index contributed by atoms with van der Waals surface area (Å²) in [6.07, 6.45) is 0. The van der Waals surface area contributed by atoms with Crippen LogP contribution >= 0.6 is 0 Å². The van der Waals surface area contributed by atoms with Crippen molar-refractivity contribution in [2.75, 3.05) is 26.4 Å². The van der Waals surface area contributed by atoms with Gasteiger partial charge in [0.2, 0.25) is 15.9 Å². The second-order valence-electron chi connectivity index (χ2n) is 3.74. The Kier molecular flexibility index (Phi) is 5.06. The van der Waals surface area contributed by atoms with Crippen LogP contribution < -0.4 is 15.8 Å². The van der Waals surface area contributed by atoms with Crippen LogP contribution in [-0.4, -0.2) is 41.0 Å². The monoisotopic (exact) mass is 301 g/mol. The summed E-state index contributed by atoms with van der Waals surface area (Å²) in [6, 6.07) is 3.70. The molecular formula is C11H15N3O5S. The summed E-state index contributed by atoms with van der Waals surface area (Å²) in [6.45, 7) is -0.441. The van der Waals surface area contributed by atoms with Gasteiger partial charge in [0.15, 0.2) is 0 Å². The Morgan fingerprint density at radius 1 is 1.35 bits per heavy atom. The second kappa shape index (κ2) is 6.35. The molecule has 1 rings (SSSR count). The van der Waals surface area contributed by atoms with E-state index in [0.29, 0.717) is 0 Å². The van der Waals surface area contributed by atoms with Crippen molar-refractivity contribution in [1.29, 1.82) is 0 Å². The van der Waals surface area contributed by atoms with Gasteiger partial charge in [-0.1, -0.05) is 0 Å². The van der Waals surface area contributed by atoms with Crippen molar-refractivity contribution in [3.8, 4) is 0 Å². The predicted octanol–water partition coefficient (Wildman–Crippen LogP) is -0.920. The molecule has 0 unspecified atom stereocenters. The highest BCUT2D eigenvalue weighted by molar-refractivity contribution is 7.89. The van der Waals surface area contributed by atoms with E-state index >= 15 is 0 Å². The number of benzene rings is 1. The number of nitrogen functional groups attached to an aromatic ring is 1. The SMILES string of the molecule is CNC(=O)CNS(=O)(=O)c1ccc(N)cc1C(=O)OC. The van der Waals surface area contributed by atoms with E-state index in [1.165, 1.54) is 25.2 Å². The molecule has 0 heterocycles. The van der Waals surface area contributed by atoms with E-state index in [0.717, 1.165) is 7.11 Å². The van der Waals surface area contributed by atoms with Crippen LogP contribution in [0.15, 0.2) is 23.1 Å². The summed E-state index contributed by atoms with van der Waals surface area (Å²) in [5.41, 5.74) is 5.54. The van der Waals surface area contributed by atoms with Gasteiger partial charge in [-0.3, -0.25) is 4.79 Å². The third-order valence-electron chi connectivity index (χ3n) is 2.40. The van der Waals surface area contributed by atoms with Crippen LogP contribution in [0.1, 0.15) is 10.4 Å². The Hall–Kier alpha value is -2.13. The van der Waals surface area contributed by atoms with E-state index in [2.05, 4.69) is 14.8 Å². The van der Waals surface area contributed by atoms with E-state index in [9.17, 15) is 18.0 Å². The van der Waals surface area contributed by atoms with Crippen LogP contribution in [0.4, 0.5) is 5.69 Å². The van der Waals surface area contributed by atoms with Crippen molar-refractivity contribution in [3.63, 3.8) is 0 Å². The number of carbonyl (C=O) groups excluding carboxylic acids is 2. The fraction of sp³-hybridized carbons (Fsp3) is 0.273. The zero-order valence-corrected chi connectivity index (χ0v) is 11.8. The van der Waals surface area contributed by atoms with Crippen LogP contribution in [0.25, 0.3) is 0 Å². The van der Waals surface area contributed by atoms with Crippen molar-refractivity contribution in [2.24, 2.45) is 0 Å². The lowest BCUT2D eigenvalue weighted by molar-refractivity contribution is -0.119. The normalized spacial score (nSPS) is 10.9. The minimum absolute atomic E-state index is 0.197. The molecule has 0 spiro atoms. The van der Waals surface area contributed by atoms with E-state index in [1.807, 2.05) is 0 Å². The maximum Gasteiger partial charge on any atom is 0.339 e. The molecule has 0 atom stereocenters. The molecule has 110 valence electrons. The summed E-state index contributed by atoms with van der Waals surface area (Å²) in [7, 11) is -1.54. The molecule has 8 nitrogen and oxygen atoms in total. The molecule has 0 saturated carbocycles. The smallest absolute Gasteiger partial charge is 0.339 e. The zero-order chi connectivity index (χ0) is 15.3. The van der Waals surface area contributed by atoms with Crippen LogP contribution in [0, 0.1) is 0 Å². The number of methoxy groups -OCH3 is 1. The number of nitrogens with two attached hydrogens (primary N) is 1. The van der Waals surface area contributed by atoms with Gasteiger partial charge in [-0.2, -0.15) is 0 Å². The molecule has 9 heteroatoms. The number of ether oxygens (including phenoxy) is 1. The molecule has 0 aliphatic carbocycles. The first kappa shape index (κ1) is 15.9. The van der Waals surface area contributed by atoms with Crippen molar-refractivity contribution in [2.45, 2.75) is 4.90 Å². The molecule has 0 saturated heterocycles. The molecule has 1 aromatic rings. The van der Waals surface area contributed by atoms with Gasteiger partial charge in [0.25, 0.3) is 0 Å². The van der Waals surface area contributed by atoms with E-state index in [1.54, 1.807) is 0 Å². The molecule has 0 bridgehead atoms. The topological polar surface area (TPSA) is 128 Å². The third-order valence-corrected chi connectivity index (χ3v) is 3.86. The van der Waals surface area contributed by atoms with Gasteiger partial charge in [-0.15, -0.1) is 0 Å². The number of rotatable bonds is 5. The van der Waals surface area contributed by atoms with Gasteiger partial charge in [-0.25, -0.2) is 17.9 Å². The molecule has 1 amide bonds. The minimum Gasteiger partial charge on any atom is -0.465 e. The first-order valence-corrected chi connectivity index (χ1v) is 6.98. The number of nitrogens with one attached hydrogen (secondary N) is 2. The average Bonchev–Trinajstić information content (AvgIpc) is 2.43. The Balaban J connectivity index is 3.17. The molecule has 0 radical (unpaired) electrons. The van der Waals surface area contributed by atoms with Crippen molar-refractivity contribution in [1.82, 2.24) is 10.0 Å². The third kappa shape index (κ3) is 3.68. The Bertz CT molecular complexity index is 627. The fourth-order valence-corrected chi connectivity index (χ4v) is 2.53. The quantitative estimate of drug-likeness (QED) is 0.477. The van der Waals surface area contributed by atoms with Gasteiger partial charge in [0.1, 0.15) is 0 Å². The van der Waals surface area contributed by atoms with E-state index in [4.69, 9.17) is 5.73 Å². The van der Waals surface area contributed by atoms with Crippen molar-refractivity contribution in [3.05, 3.63) is 23.8 Å². The molecule has 4 N–H and O–H groups in total. The van der Waals surface area contributed by atoms with Gasteiger partial charge in [-0.05, 0) is 18.2 Å². The molecule has 0 aliphatic heterocycles. The molecular weight excluding hydrogens is 286 g/mol. The number of hydrogen-bond donors (Lipinski definition) is 3. The van der Waals surface area contributed by atoms with Gasteiger partial charge in [0.05, 0.1) is 24.1 Å². The molecule has 0 aromatic heterocycles. The largest absolute Gasteiger partial charge is 0.465 e.